The van der Waals surface area contributed by atoms with Crippen molar-refractivity contribution >= 4 is 43.0 Å². The Morgan fingerprint density at radius 2 is 1.72 bits per heavy atom. The number of rotatable bonds is 17. The number of hydrogen-bond acceptors (Lipinski definition) is 10. The van der Waals surface area contributed by atoms with E-state index in [1.54, 1.807) is 17.0 Å². The number of likely N-dealkylation sites (tertiary alicyclic amines) is 1. The zero-order chi connectivity index (χ0) is 49.6. The van der Waals surface area contributed by atoms with E-state index in [4.69, 9.17) is 9.26 Å². The number of carbonyl (C=O) groups excluding carboxylic acids is 4. The van der Waals surface area contributed by atoms with Gasteiger partial charge in [0.15, 0.2) is 0 Å². The molecule has 2 N–H and O–H groups in total. The zero-order valence-electron chi connectivity index (χ0n) is 40.5. The first-order valence-electron chi connectivity index (χ1n) is 24.7. The molecule has 4 aliphatic heterocycles. The van der Waals surface area contributed by atoms with Crippen LogP contribution in [-0.2, 0) is 44.2 Å². The average molecular weight is 1010 g/mol. The predicted octanol–water partition coefficient (Wildman–Crippen LogP) is 8.80. The number of alkyl halides is 4. The van der Waals surface area contributed by atoms with Crippen molar-refractivity contribution in [3.63, 3.8) is 0 Å². The normalized spacial score (nSPS) is 29.0. The molecule has 2 aromatic rings. The van der Waals surface area contributed by atoms with Gasteiger partial charge in [-0.3, -0.25) is 28.5 Å². The summed E-state index contributed by atoms with van der Waals surface area (Å²) in [5.74, 6) is -3.55. The third-order valence-electron chi connectivity index (χ3n) is 15.1. The summed E-state index contributed by atoms with van der Waals surface area (Å²) in [4.78, 5) is 63.7. The number of thioether (sulfide) groups is 1. The lowest BCUT2D eigenvalue weighted by Gasteiger charge is -2.47. The van der Waals surface area contributed by atoms with Gasteiger partial charge in [0.1, 0.15) is 17.6 Å². The van der Waals surface area contributed by atoms with Gasteiger partial charge in [0, 0.05) is 41.0 Å². The monoisotopic (exact) mass is 1010 g/mol. The quantitative estimate of drug-likeness (QED) is 0.0891. The van der Waals surface area contributed by atoms with Gasteiger partial charge in [0.05, 0.1) is 24.6 Å². The number of nitrogens with one attached hydrogen (secondary N) is 2. The molecule has 1 spiro atoms. The molecule has 380 valence electrons. The second-order valence-corrected chi connectivity index (χ2v) is 24.5. The molecule has 4 heterocycles. The number of ether oxygens (including phenoxy) is 2. The number of fused-ring (bicyclic) bond motifs is 2. The molecule has 3 amide bonds. The van der Waals surface area contributed by atoms with Crippen LogP contribution in [-0.4, -0.2) is 124 Å². The van der Waals surface area contributed by atoms with Crippen molar-refractivity contribution in [2.75, 3.05) is 26.8 Å². The van der Waals surface area contributed by atoms with E-state index in [-0.39, 0.29) is 91.8 Å². The maximum absolute atomic E-state index is 16.7. The Kier molecular flexibility index (Phi) is 15.4. The molecule has 0 bridgehead atoms. The van der Waals surface area contributed by atoms with Gasteiger partial charge in [0.2, 0.25) is 23.6 Å². The summed E-state index contributed by atoms with van der Waals surface area (Å²) in [6.07, 6.45) is 0.569. The summed E-state index contributed by atoms with van der Waals surface area (Å²) in [6.45, 7) is 9.11. The molecular weight excluding hydrogens is 938 g/mol. The van der Waals surface area contributed by atoms with E-state index in [0.29, 0.717) is 44.2 Å². The second kappa shape index (κ2) is 20.5. The summed E-state index contributed by atoms with van der Waals surface area (Å²) < 4.78 is 85.6. The van der Waals surface area contributed by atoms with E-state index < -0.39 is 60.6 Å². The van der Waals surface area contributed by atoms with Crippen LogP contribution in [0.1, 0.15) is 134 Å². The fraction of sp³-hybridized carbons (Fsp3) is 0.680. The molecule has 13 nitrogen and oxygen atoms in total. The van der Waals surface area contributed by atoms with Gasteiger partial charge in [0.25, 0.3) is 0 Å². The lowest BCUT2D eigenvalue weighted by molar-refractivity contribution is -0.354. The number of amides is 3. The Bertz CT molecular complexity index is 2260. The topological polar surface area (TPSA) is 147 Å². The summed E-state index contributed by atoms with van der Waals surface area (Å²) in [5.41, 5.74) is 0.108. The Morgan fingerprint density at radius 3 is 2.39 bits per heavy atom. The first-order valence-corrected chi connectivity index (χ1v) is 27.3. The van der Waals surface area contributed by atoms with Crippen molar-refractivity contribution in [3.05, 3.63) is 65.2 Å². The van der Waals surface area contributed by atoms with Gasteiger partial charge >= 0.3 is 19.9 Å². The van der Waals surface area contributed by atoms with Crippen LogP contribution in [0.4, 0.5) is 17.6 Å². The van der Waals surface area contributed by atoms with Gasteiger partial charge in [-0.1, -0.05) is 63.2 Å². The smallest absolute Gasteiger partial charge is 0.464 e. The minimum absolute atomic E-state index is 0.0381. The first kappa shape index (κ1) is 51.8. The largest absolute Gasteiger partial charge is 0.522 e. The summed E-state index contributed by atoms with van der Waals surface area (Å²) >= 11 is 1.28. The van der Waals surface area contributed by atoms with E-state index >= 15 is 4.39 Å². The van der Waals surface area contributed by atoms with Gasteiger partial charge in [-0.2, -0.15) is 0 Å². The van der Waals surface area contributed by atoms with Crippen LogP contribution >= 0.6 is 19.3 Å². The van der Waals surface area contributed by atoms with Crippen molar-refractivity contribution in [3.8, 4) is 0 Å². The highest BCUT2D eigenvalue weighted by molar-refractivity contribution is 8.01. The van der Waals surface area contributed by atoms with Crippen molar-refractivity contribution < 1.29 is 55.3 Å². The molecular formula is C50H68F4N5O8PS. The SMILES string of the molecule is CCCOC(=O)C(C)(C)NP(=O)(OCC(C)C)[C@@H](F)c1ccc2c(c1)CC(C(=O)N[C@@H]1CC[C@@H](N(C)C3CC(OC(F)(F)F)C3)C[C@@H]3CC[C@H](C(=O)N4C[C@@H](c5ccccc5)CC45CC5)N3C1=O)S2. The van der Waals surface area contributed by atoms with E-state index in [0.717, 1.165) is 24.2 Å². The highest BCUT2D eigenvalue weighted by Crippen LogP contribution is 2.60. The van der Waals surface area contributed by atoms with Gasteiger partial charge in [-0.05, 0) is 127 Å². The van der Waals surface area contributed by atoms with Crippen LogP contribution in [0, 0.1) is 5.92 Å². The second-order valence-electron chi connectivity index (χ2n) is 21.2. The maximum Gasteiger partial charge on any atom is 0.522 e. The molecule has 0 aromatic heterocycles. The number of nitrogens with zero attached hydrogens (tertiary/aromatic N) is 3. The Labute approximate surface area is 407 Å². The maximum atomic E-state index is 16.7. The fourth-order valence-corrected chi connectivity index (χ4v) is 14.5. The van der Waals surface area contributed by atoms with E-state index in [1.165, 1.54) is 37.2 Å². The number of hydrogen-bond donors (Lipinski definition) is 2. The van der Waals surface area contributed by atoms with Crippen molar-refractivity contribution in [1.82, 2.24) is 25.1 Å². The minimum Gasteiger partial charge on any atom is -0.464 e. The van der Waals surface area contributed by atoms with Crippen LogP contribution in [0.25, 0.3) is 0 Å². The van der Waals surface area contributed by atoms with Crippen LogP contribution < -0.4 is 10.4 Å². The van der Waals surface area contributed by atoms with Gasteiger partial charge in [-0.15, -0.1) is 24.9 Å². The third-order valence-corrected chi connectivity index (χ3v) is 18.7. The third kappa shape index (κ3) is 11.4. The molecule has 5 fully saturated rings. The lowest BCUT2D eigenvalue weighted by Crippen LogP contribution is -2.60. The minimum atomic E-state index is -4.72. The molecule has 2 saturated carbocycles. The first-order chi connectivity index (χ1) is 32.6. The standard InChI is InChI=1S/C50H68F4N5O8PS/c1-7-21-65-47(63)48(4,5)56-68(64,66-29-30(2)3)43(51)32-13-18-41-33(22-32)23-42(69-41)44(60)55-39-16-14-35(57(6)37-25-38(26-37)67-50(52,53)54)24-36-15-17-40(59(36)45(39)61)46(62)58-28-34(27-49(58)19-20-49)31-11-9-8-10-12-31/h8-13,18,22,30,34-40,42-43H,7,14-17,19-21,23-29H2,1-6H3,(H,55,60)(H,56,64)/t34-,35+,36-,37?,38?,39+,40+,42?,43+,68?/m0/s1. The van der Waals surface area contributed by atoms with Crippen LogP contribution in [0.2, 0.25) is 0 Å². The van der Waals surface area contributed by atoms with Gasteiger partial charge < -0.3 is 29.3 Å². The molecule has 2 aliphatic carbocycles. The Morgan fingerprint density at radius 1 is 1.00 bits per heavy atom. The van der Waals surface area contributed by atoms with Crippen LogP contribution in [0.15, 0.2) is 53.4 Å². The molecule has 3 saturated heterocycles. The van der Waals surface area contributed by atoms with Crippen molar-refractivity contribution in [2.45, 2.75) is 187 Å². The molecule has 19 heteroatoms. The number of carbonyl (C=O) groups is 4. The summed E-state index contributed by atoms with van der Waals surface area (Å²) in [7, 11) is -2.50. The summed E-state index contributed by atoms with van der Waals surface area (Å²) in [6, 6.07) is 12.6. The summed E-state index contributed by atoms with van der Waals surface area (Å²) in [5, 5.41) is 5.06. The number of benzene rings is 2. The molecule has 69 heavy (non-hydrogen) atoms. The molecule has 8 rings (SSSR count). The Balaban J connectivity index is 0.992. The molecule has 2 aromatic carbocycles. The predicted molar refractivity (Wildman–Crippen MR) is 253 cm³/mol. The highest BCUT2D eigenvalue weighted by Gasteiger charge is 2.59. The highest BCUT2D eigenvalue weighted by atomic mass is 32.2. The lowest BCUT2D eigenvalue weighted by atomic mass is 9.85. The molecule has 6 aliphatic rings. The molecule has 8 atom stereocenters. The van der Waals surface area contributed by atoms with Crippen LogP contribution in [0.5, 0.6) is 0 Å². The number of esters is 1. The molecule has 0 radical (unpaired) electrons. The van der Waals surface area contributed by atoms with E-state index in [1.807, 2.05) is 50.9 Å². The fourth-order valence-electron chi connectivity index (χ4n) is 11.1. The van der Waals surface area contributed by atoms with E-state index in [2.05, 4.69) is 32.2 Å². The van der Waals surface area contributed by atoms with Crippen LogP contribution in [0.3, 0.4) is 0 Å². The molecule has 2 unspecified atom stereocenters. The zero-order valence-corrected chi connectivity index (χ0v) is 42.2. The average Bonchev–Trinajstić information content (AvgIpc) is 3.57. The van der Waals surface area contributed by atoms with Crippen molar-refractivity contribution in [2.24, 2.45) is 5.92 Å². The number of halogens is 4. The van der Waals surface area contributed by atoms with E-state index in [9.17, 15) is 36.9 Å². The van der Waals surface area contributed by atoms with Gasteiger partial charge in [-0.25, -0.2) is 9.48 Å². The van der Waals surface area contributed by atoms with Crippen molar-refractivity contribution in [1.29, 1.82) is 0 Å². The Hall–Kier alpha value is -3.54.